The topological polar surface area (TPSA) is 49.4 Å². The zero-order valence-electron chi connectivity index (χ0n) is 13.5. The van der Waals surface area contributed by atoms with Gasteiger partial charge in [-0.2, -0.15) is 16.1 Å². The second-order valence-electron chi connectivity index (χ2n) is 4.99. The molecule has 0 aromatic carbocycles. The van der Waals surface area contributed by atoms with Gasteiger partial charge in [-0.3, -0.25) is 0 Å². The van der Waals surface area contributed by atoms with Crippen molar-refractivity contribution >= 4 is 33.1 Å². The van der Waals surface area contributed by atoms with Gasteiger partial charge in [0.05, 0.1) is 0 Å². The fourth-order valence-electron chi connectivity index (χ4n) is 2.21. The van der Waals surface area contributed by atoms with E-state index in [9.17, 15) is 8.42 Å². The van der Waals surface area contributed by atoms with E-state index >= 15 is 0 Å². The fourth-order valence-corrected chi connectivity index (χ4v) is 6.30. The number of nitrogens with one attached hydrogen (secondary N) is 1. The quantitative estimate of drug-likeness (QED) is 0.744. The Bertz CT molecular complexity index is 540. The SMILES string of the molecule is CCNCc1scc(C)c1S(=O)(=O)N(C)C(CC)CSC. The number of thioether (sulfide) groups is 1. The lowest BCUT2D eigenvalue weighted by atomic mass is 10.3. The molecule has 0 saturated carbocycles. The van der Waals surface area contributed by atoms with Crippen LogP contribution < -0.4 is 5.32 Å². The molecule has 0 aliphatic rings. The van der Waals surface area contributed by atoms with Crippen LogP contribution >= 0.6 is 23.1 Å². The summed E-state index contributed by atoms with van der Waals surface area (Å²) in [6, 6.07) is 0.0382. The van der Waals surface area contributed by atoms with Crippen molar-refractivity contribution in [2.75, 3.05) is 25.6 Å². The Hall–Kier alpha value is -0.0800. The van der Waals surface area contributed by atoms with Crippen LogP contribution in [0.3, 0.4) is 0 Å². The zero-order chi connectivity index (χ0) is 16.0. The van der Waals surface area contributed by atoms with Gasteiger partial charge in [-0.1, -0.05) is 13.8 Å². The summed E-state index contributed by atoms with van der Waals surface area (Å²) in [5.74, 6) is 0.817. The molecule has 0 aliphatic heterocycles. The van der Waals surface area contributed by atoms with Gasteiger partial charge in [0, 0.05) is 30.3 Å². The molecule has 1 unspecified atom stereocenters. The molecule has 0 fully saturated rings. The van der Waals surface area contributed by atoms with Crippen molar-refractivity contribution in [2.24, 2.45) is 0 Å². The minimum absolute atomic E-state index is 0.0382. The van der Waals surface area contributed by atoms with E-state index in [1.807, 2.05) is 32.4 Å². The predicted octanol–water partition coefficient (Wildman–Crippen LogP) is 2.93. The first kappa shape index (κ1) is 19.0. The van der Waals surface area contributed by atoms with Crippen LogP contribution in [0.4, 0.5) is 0 Å². The predicted molar refractivity (Wildman–Crippen MR) is 93.8 cm³/mol. The van der Waals surface area contributed by atoms with Gasteiger partial charge in [-0.05, 0) is 37.1 Å². The number of sulfonamides is 1. The highest BCUT2D eigenvalue weighted by molar-refractivity contribution is 7.98. The number of nitrogens with zero attached hydrogens (tertiary/aromatic N) is 1. The summed E-state index contributed by atoms with van der Waals surface area (Å²) in [7, 11) is -1.73. The molecule has 122 valence electrons. The molecule has 1 aromatic heterocycles. The van der Waals surface area contributed by atoms with Crippen LogP contribution in [0.2, 0.25) is 0 Å². The van der Waals surface area contributed by atoms with E-state index in [0.29, 0.717) is 11.4 Å². The summed E-state index contributed by atoms with van der Waals surface area (Å²) in [5.41, 5.74) is 0.846. The van der Waals surface area contributed by atoms with Crippen LogP contribution in [0.25, 0.3) is 0 Å². The third-order valence-corrected chi connectivity index (χ3v) is 7.60. The summed E-state index contributed by atoms with van der Waals surface area (Å²) < 4.78 is 27.5. The van der Waals surface area contributed by atoms with Gasteiger partial charge in [0.25, 0.3) is 0 Å². The van der Waals surface area contributed by atoms with E-state index in [-0.39, 0.29) is 6.04 Å². The molecule has 1 N–H and O–H groups in total. The van der Waals surface area contributed by atoms with Crippen molar-refractivity contribution in [1.82, 2.24) is 9.62 Å². The van der Waals surface area contributed by atoms with Crippen molar-refractivity contribution in [3.8, 4) is 0 Å². The van der Waals surface area contributed by atoms with E-state index in [0.717, 1.165) is 29.2 Å². The molecule has 0 radical (unpaired) electrons. The highest BCUT2D eigenvalue weighted by Gasteiger charge is 2.31. The zero-order valence-corrected chi connectivity index (χ0v) is 15.9. The maximum absolute atomic E-state index is 13.0. The average molecular weight is 351 g/mol. The largest absolute Gasteiger partial charge is 0.312 e. The molecule has 1 atom stereocenters. The lowest BCUT2D eigenvalue weighted by molar-refractivity contribution is 0.385. The highest BCUT2D eigenvalue weighted by Crippen LogP contribution is 2.30. The summed E-state index contributed by atoms with van der Waals surface area (Å²) >= 11 is 3.20. The number of hydrogen-bond donors (Lipinski definition) is 1. The van der Waals surface area contributed by atoms with Crippen LogP contribution in [0.15, 0.2) is 10.3 Å². The summed E-state index contributed by atoms with van der Waals surface area (Å²) in [6.45, 7) is 7.37. The molecule has 4 nitrogen and oxygen atoms in total. The molecule has 1 rings (SSSR count). The second kappa shape index (κ2) is 8.53. The molecule has 0 amide bonds. The van der Waals surface area contributed by atoms with Crippen molar-refractivity contribution < 1.29 is 8.42 Å². The van der Waals surface area contributed by atoms with Crippen LogP contribution in [0.1, 0.15) is 30.7 Å². The monoisotopic (exact) mass is 350 g/mol. The van der Waals surface area contributed by atoms with Gasteiger partial charge in [0.1, 0.15) is 4.90 Å². The van der Waals surface area contributed by atoms with Crippen LogP contribution in [-0.4, -0.2) is 44.4 Å². The van der Waals surface area contributed by atoms with Crippen LogP contribution in [0, 0.1) is 6.92 Å². The first-order valence-electron chi connectivity index (χ1n) is 7.14. The number of aryl methyl sites for hydroxylation is 1. The number of rotatable bonds is 9. The van der Waals surface area contributed by atoms with E-state index in [4.69, 9.17) is 0 Å². The van der Waals surface area contributed by atoms with E-state index in [1.165, 1.54) is 11.3 Å². The Kier molecular flexibility index (Phi) is 7.70. The Balaban J connectivity index is 3.14. The van der Waals surface area contributed by atoms with Gasteiger partial charge >= 0.3 is 0 Å². The first-order chi connectivity index (χ1) is 9.89. The third-order valence-electron chi connectivity index (χ3n) is 3.51. The lowest BCUT2D eigenvalue weighted by Gasteiger charge is -2.26. The van der Waals surface area contributed by atoms with Crippen molar-refractivity contribution in [1.29, 1.82) is 0 Å². The van der Waals surface area contributed by atoms with Gasteiger partial charge < -0.3 is 5.32 Å². The molecule has 1 heterocycles. The maximum Gasteiger partial charge on any atom is 0.244 e. The minimum atomic E-state index is -3.43. The van der Waals surface area contributed by atoms with Gasteiger partial charge in [-0.15, -0.1) is 11.3 Å². The van der Waals surface area contributed by atoms with Gasteiger partial charge in [0.15, 0.2) is 0 Å². The molecule has 0 bridgehead atoms. The van der Waals surface area contributed by atoms with Crippen molar-refractivity contribution in [3.63, 3.8) is 0 Å². The molecule has 0 spiro atoms. The number of thiophene rings is 1. The van der Waals surface area contributed by atoms with E-state index in [2.05, 4.69) is 5.32 Å². The summed E-state index contributed by atoms with van der Waals surface area (Å²) in [5, 5.41) is 5.15. The van der Waals surface area contributed by atoms with E-state index in [1.54, 1.807) is 23.1 Å². The Morgan fingerprint density at radius 2 is 2.10 bits per heavy atom. The molecule has 0 saturated heterocycles. The molecule has 7 heteroatoms. The smallest absolute Gasteiger partial charge is 0.244 e. The molecule has 1 aromatic rings. The minimum Gasteiger partial charge on any atom is -0.312 e. The van der Waals surface area contributed by atoms with Gasteiger partial charge in [0.2, 0.25) is 10.0 Å². The molecular weight excluding hydrogens is 324 g/mol. The van der Waals surface area contributed by atoms with Crippen molar-refractivity contribution in [3.05, 3.63) is 15.8 Å². The average Bonchev–Trinajstić information content (AvgIpc) is 2.83. The molecule has 0 aliphatic carbocycles. The first-order valence-corrected chi connectivity index (χ1v) is 10.9. The Morgan fingerprint density at radius 3 is 2.62 bits per heavy atom. The highest BCUT2D eigenvalue weighted by atomic mass is 32.2. The standard InChI is InChI=1S/C14H26N2O2S3/c1-6-12(10-19-5)16(4)21(17,18)14-11(3)9-20-13(14)8-15-7-2/h9,12,15H,6-8,10H2,1-5H3. The van der Waals surface area contributed by atoms with Crippen LogP contribution in [-0.2, 0) is 16.6 Å². The molecular formula is C14H26N2O2S3. The Morgan fingerprint density at radius 1 is 1.43 bits per heavy atom. The normalized spacial score (nSPS) is 13.8. The third kappa shape index (κ3) is 4.45. The van der Waals surface area contributed by atoms with Crippen molar-refractivity contribution in [2.45, 2.75) is 44.7 Å². The van der Waals surface area contributed by atoms with E-state index < -0.39 is 10.0 Å². The number of hydrogen-bond acceptors (Lipinski definition) is 5. The molecule has 21 heavy (non-hydrogen) atoms. The summed E-state index contributed by atoms with van der Waals surface area (Å²) in [4.78, 5) is 1.40. The van der Waals surface area contributed by atoms with Gasteiger partial charge in [-0.25, -0.2) is 8.42 Å². The Labute approximate surface area is 137 Å². The van der Waals surface area contributed by atoms with Crippen LogP contribution in [0.5, 0.6) is 0 Å². The maximum atomic E-state index is 13.0. The fraction of sp³-hybridized carbons (Fsp3) is 0.714. The second-order valence-corrected chi connectivity index (χ2v) is 8.80. The lowest BCUT2D eigenvalue weighted by Crippen LogP contribution is -2.38. The summed E-state index contributed by atoms with van der Waals surface area (Å²) in [6.07, 6.45) is 2.83.